The third kappa shape index (κ3) is 6.33. The SMILES string of the molecule is CCN(CC)CC1CCCCN1C(=O)C(C)N1CCC(CNS(=O)(=O)c2ccc3cc(Cl)ccc3c2)C1=O. The number of sulfonamides is 1. The molecule has 10 heteroatoms. The maximum absolute atomic E-state index is 13.5. The number of benzene rings is 2. The van der Waals surface area contributed by atoms with Crippen molar-refractivity contribution < 1.29 is 18.0 Å². The number of nitrogens with one attached hydrogen (secondary N) is 1. The second-order valence-corrected chi connectivity index (χ2v) is 12.6. The van der Waals surface area contributed by atoms with Crippen LogP contribution < -0.4 is 4.72 Å². The van der Waals surface area contributed by atoms with E-state index in [0.29, 0.717) is 18.0 Å². The van der Waals surface area contributed by atoms with Gasteiger partial charge in [0.1, 0.15) is 6.04 Å². The van der Waals surface area contributed by atoms with Crippen molar-refractivity contribution in [2.75, 3.05) is 39.3 Å². The highest BCUT2D eigenvalue weighted by Crippen LogP contribution is 2.26. The number of likely N-dealkylation sites (tertiary alicyclic amines) is 2. The Balaban J connectivity index is 1.38. The highest BCUT2D eigenvalue weighted by atomic mass is 35.5. The third-order valence-electron chi connectivity index (χ3n) is 8.05. The summed E-state index contributed by atoms with van der Waals surface area (Å²) in [7, 11) is -3.80. The number of fused-ring (bicyclic) bond motifs is 1. The molecule has 2 aromatic rings. The Morgan fingerprint density at radius 2 is 1.79 bits per heavy atom. The van der Waals surface area contributed by atoms with Crippen LogP contribution in [0.15, 0.2) is 41.3 Å². The molecule has 0 aromatic heterocycles. The van der Waals surface area contributed by atoms with E-state index >= 15 is 0 Å². The van der Waals surface area contributed by atoms with Crippen LogP contribution in [0, 0.1) is 5.92 Å². The predicted octanol–water partition coefficient (Wildman–Crippen LogP) is 3.73. The molecule has 4 rings (SSSR count). The average molecular weight is 563 g/mol. The van der Waals surface area contributed by atoms with Crippen LogP contribution >= 0.6 is 11.6 Å². The predicted molar refractivity (Wildman–Crippen MR) is 151 cm³/mol. The summed E-state index contributed by atoms with van der Waals surface area (Å²) in [6.45, 7) is 9.99. The number of carbonyl (C=O) groups is 2. The van der Waals surface area contributed by atoms with Crippen molar-refractivity contribution in [3.8, 4) is 0 Å². The number of nitrogens with zero attached hydrogens (tertiary/aromatic N) is 3. The van der Waals surface area contributed by atoms with Gasteiger partial charge in [0, 0.05) is 37.2 Å². The lowest BCUT2D eigenvalue weighted by Crippen LogP contribution is -2.55. The smallest absolute Gasteiger partial charge is 0.245 e. The molecule has 8 nitrogen and oxygen atoms in total. The molecular weight excluding hydrogens is 524 g/mol. The van der Waals surface area contributed by atoms with E-state index < -0.39 is 22.0 Å². The Hall–Kier alpha value is -2.20. The van der Waals surface area contributed by atoms with E-state index in [4.69, 9.17) is 11.6 Å². The standard InChI is InChI=1S/C28H39ClN4O4S/c1-4-31(5-2)19-25-8-6-7-14-33(25)27(34)20(3)32-15-13-23(28(32)35)18-30-38(36,37)26-12-10-21-16-24(29)11-9-22(21)17-26/h9-12,16-17,20,23,25,30H,4-8,13-15,18-19H2,1-3H3. The second kappa shape index (κ2) is 12.3. The lowest BCUT2D eigenvalue weighted by Gasteiger charge is -2.40. The normalized spacial score (nSPS) is 21.4. The molecule has 1 N–H and O–H groups in total. The molecule has 2 amide bonds. The van der Waals surface area contributed by atoms with Crippen LogP contribution in [0.3, 0.4) is 0 Å². The first-order valence-corrected chi connectivity index (χ1v) is 15.5. The van der Waals surface area contributed by atoms with Crippen molar-refractivity contribution >= 4 is 44.2 Å². The maximum Gasteiger partial charge on any atom is 0.245 e. The minimum Gasteiger partial charge on any atom is -0.337 e. The number of rotatable bonds is 10. The molecular formula is C28H39ClN4O4S. The minimum absolute atomic E-state index is 0.00549. The van der Waals surface area contributed by atoms with Crippen LogP contribution in [0.1, 0.15) is 46.5 Å². The van der Waals surface area contributed by atoms with Gasteiger partial charge >= 0.3 is 0 Å². The maximum atomic E-state index is 13.5. The Kier molecular flexibility index (Phi) is 9.34. The fraction of sp³-hybridized carbons (Fsp3) is 0.571. The number of hydrogen-bond donors (Lipinski definition) is 1. The summed E-state index contributed by atoms with van der Waals surface area (Å²) in [5.74, 6) is -0.668. The largest absolute Gasteiger partial charge is 0.337 e. The average Bonchev–Trinajstić information content (AvgIpc) is 3.29. The molecule has 0 saturated carbocycles. The summed E-state index contributed by atoms with van der Waals surface area (Å²) >= 11 is 6.03. The monoisotopic (exact) mass is 562 g/mol. The van der Waals surface area contributed by atoms with Gasteiger partial charge in [0.05, 0.1) is 10.8 Å². The molecule has 208 valence electrons. The lowest BCUT2D eigenvalue weighted by atomic mass is 10.00. The van der Waals surface area contributed by atoms with E-state index in [2.05, 4.69) is 23.5 Å². The highest BCUT2D eigenvalue weighted by molar-refractivity contribution is 7.89. The molecule has 0 aliphatic carbocycles. The molecule has 2 fully saturated rings. The van der Waals surface area contributed by atoms with Gasteiger partial charge in [-0.05, 0) is 80.7 Å². The number of halogens is 1. The van der Waals surface area contributed by atoms with Crippen LogP contribution in [0.4, 0.5) is 0 Å². The molecule has 2 aliphatic rings. The van der Waals surface area contributed by atoms with E-state index in [0.717, 1.165) is 56.2 Å². The zero-order chi connectivity index (χ0) is 27.4. The number of carbonyl (C=O) groups excluding carboxylic acids is 2. The third-order valence-corrected chi connectivity index (χ3v) is 9.71. The van der Waals surface area contributed by atoms with Gasteiger partial charge < -0.3 is 14.7 Å². The number of hydrogen-bond acceptors (Lipinski definition) is 5. The summed E-state index contributed by atoms with van der Waals surface area (Å²) in [4.78, 5) is 32.9. The van der Waals surface area contributed by atoms with Crippen molar-refractivity contribution in [3.63, 3.8) is 0 Å². The molecule has 2 aliphatic heterocycles. The Labute approximate surface area is 231 Å². The van der Waals surface area contributed by atoms with Gasteiger partial charge in [-0.3, -0.25) is 9.59 Å². The lowest BCUT2D eigenvalue weighted by molar-refractivity contribution is -0.146. The van der Waals surface area contributed by atoms with Crippen molar-refractivity contribution in [2.24, 2.45) is 5.92 Å². The van der Waals surface area contributed by atoms with Gasteiger partial charge in [0.15, 0.2) is 0 Å². The topological polar surface area (TPSA) is 90.0 Å². The summed E-state index contributed by atoms with van der Waals surface area (Å²) in [6, 6.07) is 9.75. The fourth-order valence-electron chi connectivity index (χ4n) is 5.63. The van der Waals surface area contributed by atoms with Crippen LogP contribution in [-0.4, -0.2) is 86.3 Å². The van der Waals surface area contributed by atoms with Crippen molar-refractivity contribution in [2.45, 2.75) is 63.4 Å². The summed E-state index contributed by atoms with van der Waals surface area (Å²) in [5, 5.41) is 2.21. The highest BCUT2D eigenvalue weighted by Gasteiger charge is 2.40. The number of amides is 2. The van der Waals surface area contributed by atoms with Gasteiger partial charge in [-0.2, -0.15) is 0 Å². The molecule has 2 saturated heterocycles. The van der Waals surface area contributed by atoms with Crippen molar-refractivity contribution in [1.82, 2.24) is 19.4 Å². The van der Waals surface area contributed by atoms with Crippen LogP contribution in [0.2, 0.25) is 5.02 Å². The minimum atomic E-state index is -3.80. The van der Waals surface area contributed by atoms with Gasteiger partial charge in [-0.15, -0.1) is 0 Å². The molecule has 2 aromatic carbocycles. The van der Waals surface area contributed by atoms with E-state index in [9.17, 15) is 18.0 Å². The van der Waals surface area contributed by atoms with Crippen molar-refractivity contribution in [3.05, 3.63) is 41.4 Å². The van der Waals surface area contributed by atoms with E-state index in [-0.39, 0.29) is 29.3 Å². The fourth-order valence-corrected chi connectivity index (χ4v) is 6.92. The Morgan fingerprint density at radius 3 is 2.53 bits per heavy atom. The zero-order valence-electron chi connectivity index (χ0n) is 22.5. The molecule has 0 radical (unpaired) electrons. The molecule has 2 heterocycles. The van der Waals surface area contributed by atoms with E-state index in [1.807, 2.05) is 4.90 Å². The molecule has 0 spiro atoms. The van der Waals surface area contributed by atoms with E-state index in [1.165, 1.54) is 6.07 Å². The first-order chi connectivity index (χ1) is 18.1. The Bertz CT molecular complexity index is 1270. The first-order valence-electron chi connectivity index (χ1n) is 13.7. The van der Waals surface area contributed by atoms with Crippen LogP contribution in [0.25, 0.3) is 10.8 Å². The summed E-state index contributed by atoms with van der Waals surface area (Å²) < 4.78 is 28.6. The van der Waals surface area contributed by atoms with Gasteiger partial charge in [-0.25, -0.2) is 13.1 Å². The number of likely N-dealkylation sites (N-methyl/N-ethyl adjacent to an activating group) is 1. The Morgan fingerprint density at radius 1 is 1.08 bits per heavy atom. The summed E-state index contributed by atoms with van der Waals surface area (Å²) in [6.07, 6.45) is 3.58. The molecule has 38 heavy (non-hydrogen) atoms. The van der Waals surface area contributed by atoms with Gasteiger partial charge in [-0.1, -0.05) is 37.6 Å². The quantitative estimate of drug-likeness (QED) is 0.476. The van der Waals surface area contributed by atoms with Crippen molar-refractivity contribution in [1.29, 1.82) is 0 Å². The van der Waals surface area contributed by atoms with Crippen LogP contribution in [0.5, 0.6) is 0 Å². The zero-order valence-corrected chi connectivity index (χ0v) is 24.1. The summed E-state index contributed by atoms with van der Waals surface area (Å²) in [5.41, 5.74) is 0. The first kappa shape index (κ1) is 28.8. The number of piperidine rings is 1. The van der Waals surface area contributed by atoms with Gasteiger partial charge in [0.2, 0.25) is 21.8 Å². The van der Waals surface area contributed by atoms with E-state index in [1.54, 1.807) is 42.2 Å². The van der Waals surface area contributed by atoms with Crippen LogP contribution in [-0.2, 0) is 19.6 Å². The molecule has 3 unspecified atom stereocenters. The molecule has 0 bridgehead atoms. The molecule has 3 atom stereocenters. The second-order valence-electron chi connectivity index (χ2n) is 10.4. The van der Waals surface area contributed by atoms with Gasteiger partial charge in [0.25, 0.3) is 0 Å².